The van der Waals surface area contributed by atoms with E-state index in [0.717, 1.165) is 5.82 Å². The van der Waals surface area contributed by atoms with Gasteiger partial charge >= 0.3 is 0 Å². The van der Waals surface area contributed by atoms with Crippen LogP contribution < -0.4 is 0 Å². The van der Waals surface area contributed by atoms with Crippen LogP contribution in [0.25, 0.3) is 12.2 Å². The van der Waals surface area contributed by atoms with E-state index in [1.807, 2.05) is 41.7 Å². The Morgan fingerprint density at radius 2 is 1.87 bits per heavy atom. The predicted molar refractivity (Wildman–Crippen MR) is 62.9 cm³/mol. The van der Waals surface area contributed by atoms with E-state index in [1.54, 1.807) is 0 Å². The van der Waals surface area contributed by atoms with E-state index >= 15 is 0 Å². The average Bonchev–Trinajstić information content (AvgIpc) is 2.48. The molecule has 0 atom stereocenters. The Labute approximate surface area is 88.6 Å². The maximum atomic E-state index is 4.33. The topological polar surface area (TPSA) is 15.6 Å². The van der Waals surface area contributed by atoms with Crippen LogP contribution in [-0.2, 0) is 0 Å². The number of aliphatic imine (C=N–C) groups is 1. The second-order valence-corrected chi connectivity index (χ2v) is 3.47. The van der Waals surface area contributed by atoms with E-state index in [-0.39, 0.29) is 0 Å². The zero-order valence-corrected chi connectivity index (χ0v) is 8.17. The summed E-state index contributed by atoms with van der Waals surface area (Å²) in [5, 5.41) is 0. The molecule has 2 nitrogen and oxygen atoms in total. The fourth-order valence-corrected chi connectivity index (χ4v) is 1.73. The van der Waals surface area contributed by atoms with Crippen LogP contribution in [0.1, 0.15) is 11.1 Å². The molecule has 0 saturated heterocycles. The lowest BCUT2D eigenvalue weighted by atomic mass is 10.1. The SMILES string of the molecule is C1=CN2C=Cc3ccccc3C=C2N=C1. The highest BCUT2D eigenvalue weighted by Gasteiger charge is 2.09. The summed E-state index contributed by atoms with van der Waals surface area (Å²) in [6, 6.07) is 8.30. The quantitative estimate of drug-likeness (QED) is 0.620. The molecule has 0 bridgehead atoms. The zero-order chi connectivity index (χ0) is 10.1. The lowest BCUT2D eigenvalue weighted by molar-refractivity contribution is 0.628. The summed E-state index contributed by atoms with van der Waals surface area (Å²) in [5.74, 6) is 0.957. The number of hydrogen-bond donors (Lipinski definition) is 0. The Kier molecular flexibility index (Phi) is 1.78. The number of benzene rings is 1. The fraction of sp³-hybridized carbons (Fsp3) is 0. The number of rotatable bonds is 0. The third kappa shape index (κ3) is 1.40. The van der Waals surface area contributed by atoms with Crippen molar-refractivity contribution in [1.82, 2.24) is 4.90 Å². The van der Waals surface area contributed by atoms with Crippen LogP contribution in [0.4, 0.5) is 0 Å². The van der Waals surface area contributed by atoms with Gasteiger partial charge in [0.1, 0.15) is 5.82 Å². The molecular formula is C13H10N2. The van der Waals surface area contributed by atoms with Gasteiger partial charge in [-0.15, -0.1) is 0 Å². The third-order valence-corrected chi connectivity index (χ3v) is 2.50. The second kappa shape index (κ2) is 3.24. The minimum Gasteiger partial charge on any atom is -0.309 e. The van der Waals surface area contributed by atoms with Crippen LogP contribution in [0.15, 0.2) is 53.6 Å². The van der Waals surface area contributed by atoms with Gasteiger partial charge in [0.05, 0.1) is 0 Å². The summed E-state index contributed by atoms with van der Waals surface area (Å²) in [7, 11) is 0. The molecule has 0 aliphatic carbocycles. The molecule has 0 saturated carbocycles. The number of fused-ring (bicyclic) bond motifs is 2. The molecule has 0 radical (unpaired) electrons. The molecule has 0 fully saturated rings. The highest BCUT2D eigenvalue weighted by atomic mass is 15.2. The van der Waals surface area contributed by atoms with Crippen molar-refractivity contribution in [2.45, 2.75) is 0 Å². The molecule has 15 heavy (non-hydrogen) atoms. The summed E-state index contributed by atoms with van der Waals surface area (Å²) in [4.78, 5) is 6.35. The predicted octanol–water partition coefficient (Wildman–Crippen LogP) is 2.87. The summed E-state index contributed by atoms with van der Waals surface area (Å²) in [6.07, 6.45) is 12.0. The fourth-order valence-electron chi connectivity index (χ4n) is 1.73. The summed E-state index contributed by atoms with van der Waals surface area (Å²) >= 11 is 0. The zero-order valence-electron chi connectivity index (χ0n) is 8.17. The van der Waals surface area contributed by atoms with Gasteiger partial charge in [-0.1, -0.05) is 24.3 Å². The van der Waals surface area contributed by atoms with Gasteiger partial charge in [0.15, 0.2) is 0 Å². The van der Waals surface area contributed by atoms with Crippen molar-refractivity contribution in [3.63, 3.8) is 0 Å². The third-order valence-electron chi connectivity index (χ3n) is 2.50. The van der Waals surface area contributed by atoms with Crippen LogP contribution in [0.5, 0.6) is 0 Å². The minimum absolute atomic E-state index is 0.957. The Morgan fingerprint density at radius 3 is 2.80 bits per heavy atom. The van der Waals surface area contributed by atoms with Crippen LogP contribution in [0.2, 0.25) is 0 Å². The molecule has 2 aliphatic heterocycles. The monoisotopic (exact) mass is 194 g/mol. The average molecular weight is 194 g/mol. The first-order valence-electron chi connectivity index (χ1n) is 4.92. The minimum atomic E-state index is 0.957. The molecule has 1 aromatic carbocycles. The second-order valence-electron chi connectivity index (χ2n) is 3.47. The lowest BCUT2D eigenvalue weighted by Crippen LogP contribution is -2.09. The van der Waals surface area contributed by atoms with Crippen molar-refractivity contribution in [3.05, 3.63) is 59.7 Å². The molecular weight excluding hydrogens is 184 g/mol. The first-order valence-corrected chi connectivity index (χ1v) is 4.92. The van der Waals surface area contributed by atoms with E-state index in [0.29, 0.717) is 0 Å². The maximum absolute atomic E-state index is 4.33. The number of hydrogen-bond acceptors (Lipinski definition) is 2. The molecule has 3 rings (SSSR count). The molecule has 0 aromatic heterocycles. The van der Waals surface area contributed by atoms with E-state index < -0.39 is 0 Å². The van der Waals surface area contributed by atoms with Crippen LogP contribution in [0, 0.1) is 0 Å². The van der Waals surface area contributed by atoms with Gasteiger partial charge in [-0.2, -0.15) is 0 Å². The van der Waals surface area contributed by atoms with Crippen molar-refractivity contribution >= 4 is 18.4 Å². The molecule has 2 heterocycles. The first-order chi connectivity index (χ1) is 7.43. The Balaban J connectivity index is 2.18. The Morgan fingerprint density at radius 1 is 1.00 bits per heavy atom. The standard InChI is InChI=1S/C13H10N2/c1-2-5-12-10-13-14-7-3-8-15(13)9-6-11(12)4-1/h1-10H. The van der Waals surface area contributed by atoms with E-state index in [4.69, 9.17) is 0 Å². The van der Waals surface area contributed by atoms with Crippen LogP contribution in [-0.4, -0.2) is 11.1 Å². The van der Waals surface area contributed by atoms with Crippen molar-refractivity contribution < 1.29 is 0 Å². The van der Waals surface area contributed by atoms with E-state index in [9.17, 15) is 0 Å². The van der Waals surface area contributed by atoms with Crippen molar-refractivity contribution in [2.75, 3.05) is 0 Å². The summed E-state index contributed by atoms with van der Waals surface area (Å²) < 4.78 is 0. The van der Waals surface area contributed by atoms with Crippen molar-refractivity contribution in [1.29, 1.82) is 0 Å². The van der Waals surface area contributed by atoms with Gasteiger partial charge < -0.3 is 4.90 Å². The summed E-state index contributed by atoms with van der Waals surface area (Å²) in [6.45, 7) is 0. The molecule has 0 spiro atoms. The van der Waals surface area contributed by atoms with E-state index in [1.165, 1.54) is 11.1 Å². The molecule has 0 amide bonds. The molecule has 0 N–H and O–H groups in total. The first kappa shape index (κ1) is 8.24. The smallest absolute Gasteiger partial charge is 0.137 e. The molecule has 1 aromatic rings. The largest absolute Gasteiger partial charge is 0.309 e. The lowest BCUT2D eigenvalue weighted by Gasteiger charge is -2.16. The maximum Gasteiger partial charge on any atom is 0.137 e. The molecule has 0 unspecified atom stereocenters. The highest BCUT2D eigenvalue weighted by Crippen LogP contribution is 2.23. The van der Waals surface area contributed by atoms with Gasteiger partial charge in [0, 0.05) is 18.6 Å². The normalized spacial score (nSPS) is 16.8. The van der Waals surface area contributed by atoms with Crippen LogP contribution in [0.3, 0.4) is 0 Å². The molecule has 2 heteroatoms. The van der Waals surface area contributed by atoms with Gasteiger partial charge in [-0.3, -0.25) is 0 Å². The number of nitrogens with zero attached hydrogens (tertiary/aromatic N) is 2. The van der Waals surface area contributed by atoms with Gasteiger partial charge in [-0.25, -0.2) is 4.99 Å². The van der Waals surface area contributed by atoms with Crippen molar-refractivity contribution in [3.8, 4) is 0 Å². The van der Waals surface area contributed by atoms with Gasteiger partial charge in [-0.05, 0) is 29.4 Å². The Bertz CT molecular complexity index is 507. The van der Waals surface area contributed by atoms with E-state index in [2.05, 4.69) is 29.3 Å². The van der Waals surface area contributed by atoms with Crippen molar-refractivity contribution in [2.24, 2.45) is 4.99 Å². The Hall–Kier alpha value is -2.09. The van der Waals surface area contributed by atoms with Gasteiger partial charge in [0.25, 0.3) is 0 Å². The number of allylic oxidation sites excluding steroid dienone is 1. The summed E-state index contributed by atoms with van der Waals surface area (Å²) in [5.41, 5.74) is 2.43. The highest BCUT2D eigenvalue weighted by molar-refractivity contribution is 5.77. The molecule has 2 aliphatic rings. The molecule has 72 valence electrons. The van der Waals surface area contributed by atoms with Crippen LogP contribution >= 0.6 is 0 Å². The van der Waals surface area contributed by atoms with Gasteiger partial charge in [0.2, 0.25) is 0 Å².